The van der Waals surface area contributed by atoms with Crippen LogP contribution in [0.1, 0.15) is 32.2 Å². The molecule has 0 spiro atoms. The molecule has 0 amide bonds. The Bertz CT molecular complexity index is 1080. The molecule has 4 nitrogen and oxygen atoms in total. The molecule has 4 aromatic rings. The molecule has 2 aromatic heterocycles. The van der Waals surface area contributed by atoms with E-state index < -0.39 is 0 Å². The van der Waals surface area contributed by atoms with Crippen molar-refractivity contribution in [3.8, 4) is 0 Å². The van der Waals surface area contributed by atoms with Crippen molar-refractivity contribution < 1.29 is 0 Å². The summed E-state index contributed by atoms with van der Waals surface area (Å²) in [7, 11) is 0. The number of rotatable bonds is 3. The Balaban J connectivity index is 1.82. The fraction of sp³-hybridized carbons (Fsp3) is 0.250. The van der Waals surface area contributed by atoms with Crippen LogP contribution in [0.25, 0.3) is 16.6 Å². The standard InChI is InChI=1S/C20H19ClN4S/c1-20(2,3)18-22-16-7-5-4-6-15(16)17-23-24-19(25(17)18)26-12-13-8-10-14(21)11-9-13/h4-11H,12H2,1-3H3. The number of thioether (sulfide) groups is 1. The van der Waals surface area contributed by atoms with Crippen LogP contribution in [-0.2, 0) is 11.2 Å². The van der Waals surface area contributed by atoms with Crippen molar-refractivity contribution in [3.05, 3.63) is 64.9 Å². The molecule has 0 atom stereocenters. The van der Waals surface area contributed by atoms with Gasteiger partial charge < -0.3 is 0 Å². The lowest BCUT2D eigenvalue weighted by Crippen LogP contribution is -2.19. The summed E-state index contributed by atoms with van der Waals surface area (Å²) in [6.45, 7) is 6.49. The molecule has 6 heteroatoms. The second-order valence-electron chi connectivity index (χ2n) is 7.26. The smallest absolute Gasteiger partial charge is 0.197 e. The van der Waals surface area contributed by atoms with E-state index in [-0.39, 0.29) is 5.41 Å². The topological polar surface area (TPSA) is 43.1 Å². The molecule has 0 saturated heterocycles. The van der Waals surface area contributed by atoms with Crippen LogP contribution < -0.4 is 0 Å². The molecule has 0 unspecified atom stereocenters. The van der Waals surface area contributed by atoms with Crippen LogP contribution in [0.3, 0.4) is 0 Å². The molecule has 0 bridgehead atoms. The molecular weight excluding hydrogens is 364 g/mol. The number of nitrogens with zero attached hydrogens (tertiary/aromatic N) is 4. The van der Waals surface area contributed by atoms with Gasteiger partial charge in [0.05, 0.1) is 5.52 Å². The summed E-state index contributed by atoms with van der Waals surface area (Å²) in [5, 5.41) is 11.6. The molecular formula is C20H19ClN4S. The molecule has 132 valence electrons. The average Bonchev–Trinajstić information content (AvgIpc) is 3.04. The minimum absolute atomic E-state index is 0.125. The number of para-hydroxylation sites is 1. The van der Waals surface area contributed by atoms with E-state index in [0.29, 0.717) is 0 Å². The SMILES string of the molecule is CC(C)(C)c1nc2ccccc2c2nnc(SCc3ccc(Cl)cc3)n12. The van der Waals surface area contributed by atoms with E-state index in [1.165, 1.54) is 5.56 Å². The molecule has 0 N–H and O–H groups in total. The molecule has 2 heterocycles. The number of benzene rings is 2. The van der Waals surface area contributed by atoms with Crippen molar-refractivity contribution in [2.45, 2.75) is 37.1 Å². The highest BCUT2D eigenvalue weighted by molar-refractivity contribution is 7.98. The number of fused-ring (bicyclic) bond motifs is 3. The van der Waals surface area contributed by atoms with Crippen LogP contribution in [0.15, 0.2) is 53.7 Å². The zero-order chi connectivity index (χ0) is 18.3. The lowest BCUT2D eigenvalue weighted by Gasteiger charge is -2.20. The molecule has 0 saturated carbocycles. The summed E-state index contributed by atoms with van der Waals surface area (Å²) in [6, 6.07) is 16.0. The van der Waals surface area contributed by atoms with E-state index in [2.05, 4.69) is 35.4 Å². The minimum Gasteiger partial charge on any atom is -0.256 e. The first-order chi connectivity index (χ1) is 12.4. The Kier molecular flexibility index (Phi) is 4.37. The maximum atomic E-state index is 5.97. The predicted molar refractivity (Wildman–Crippen MR) is 108 cm³/mol. The van der Waals surface area contributed by atoms with Crippen molar-refractivity contribution >= 4 is 39.9 Å². The van der Waals surface area contributed by atoms with Crippen LogP contribution in [-0.4, -0.2) is 19.6 Å². The number of halogens is 1. The lowest BCUT2D eigenvalue weighted by atomic mass is 9.95. The molecule has 2 aromatic carbocycles. The van der Waals surface area contributed by atoms with E-state index in [1.807, 2.05) is 48.5 Å². The van der Waals surface area contributed by atoms with Gasteiger partial charge >= 0.3 is 0 Å². The predicted octanol–water partition coefficient (Wildman–Crippen LogP) is 5.52. The Morgan fingerprint density at radius 3 is 2.46 bits per heavy atom. The third-order valence-corrected chi connectivity index (χ3v) is 5.42. The molecule has 0 aliphatic rings. The highest BCUT2D eigenvalue weighted by Crippen LogP contribution is 2.31. The third kappa shape index (κ3) is 3.17. The highest BCUT2D eigenvalue weighted by Gasteiger charge is 2.24. The van der Waals surface area contributed by atoms with E-state index in [4.69, 9.17) is 16.6 Å². The van der Waals surface area contributed by atoms with Gasteiger partial charge in [0.2, 0.25) is 0 Å². The maximum absolute atomic E-state index is 5.97. The van der Waals surface area contributed by atoms with E-state index >= 15 is 0 Å². The first kappa shape index (κ1) is 17.3. The molecule has 0 aliphatic heterocycles. The van der Waals surface area contributed by atoms with Gasteiger partial charge in [-0.1, -0.05) is 68.4 Å². The van der Waals surface area contributed by atoms with Gasteiger partial charge in [0.1, 0.15) is 5.82 Å². The van der Waals surface area contributed by atoms with Crippen LogP contribution in [0.2, 0.25) is 5.02 Å². The van der Waals surface area contributed by atoms with Gasteiger partial charge in [-0.3, -0.25) is 4.40 Å². The minimum atomic E-state index is -0.125. The van der Waals surface area contributed by atoms with Gasteiger partial charge in [0.25, 0.3) is 0 Å². The Hall–Kier alpha value is -2.11. The van der Waals surface area contributed by atoms with Crippen LogP contribution in [0.4, 0.5) is 0 Å². The normalized spacial score (nSPS) is 12.2. The summed E-state index contributed by atoms with van der Waals surface area (Å²) < 4.78 is 2.10. The van der Waals surface area contributed by atoms with Gasteiger partial charge in [-0.15, -0.1) is 10.2 Å². The van der Waals surface area contributed by atoms with E-state index in [1.54, 1.807) is 11.8 Å². The summed E-state index contributed by atoms with van der Waals surface area (Å²) >= 11 is 7.64. The summed E-state index contributed by atoms with van der Waals surface area (Å²) in [6.07, 6.45) is 0. The van der Waals surface area contributed by atoms with Crippen molar-refractivity contribution in [1.82, 2.24) is 19.6 Å². The Morgan fingerprint density at radius 1 is 1.00 bits per heavy atom. The molecule has 26 heavy (non-hydrogen) atoms. The fourth-order valence-corrected chi connectivity index (χ4v) is 3.90. The van der Waals surface area contributed by atoms with Gasteiger partial charge in [-0.05, 0) is 29.8 Å². The first-order valence-corrected chi connectivity index (χ1v) is 9.81. The second kappa shape index (κ2) is 6.56. The molecule has 4 rings (SSSR count). The lowest BCUT2D eigenvalue weighted by molar-refractivity contribution is 0.530. The number of aromatic nitrogens is 4. The highest BCUT2D eigenvalue weighted by atomic mass is 35.5. The van der Waals surface area contributed by atoms with Gasteiger partial charge in [0, 0.05) is 21.6 Å². The molecule has 0 aliphatic carbocycles. The third-order valence-electron chi connectivity index (χ3n) is 4.17. The van der Waals surface area contributed by atoms with Crippen LogP contribution in [0, 0.1) is 0 Å². The van der Waals surface area contributed by atoms with E-state index in [9.17, 15) is 0 Å². The zero-order valence-corrected chi connectivity index (χ0v) is 16.5. The van der Waals surface area contributed by atoms with Gasteiger partial charge in [-0.2, -0.15) is 0 Å². The van der Waals surface area contributed by atoms with Crippen molar-refractivity contribution in [1.29, 1.82) is 0 Å². The summed E-state index contributed by atoms with van der Waals surface area (Å²) in [5.41, 5.74) is 2.88. The van der Waals surface area contributed by atoms with Crippen LogP contribution in [0.5, 0.6) is 0 Å². The summed E-state index contributed by atoms with van der Waals surface area (Å²) in [4.78, 5) is 4.93. The average molecular weight is 383 g/mol. The number of hydrogen-bond acceptors (Lipinski definition) is 4. The molecule has 0 fully saturated rings. The zero-order valence-electron chi connectivity index (χ0n) is 14.9. The largest absolute Gasteiger partial charge is 0.256 e. The summed E-state index contributed by atoms with van der Waals surface area (Å²) in [5.74, 6) is 1.77. The van der Waals surface area contributed by atoms with E-state index in [0.717, 1.165) is 38.3 Å². The van der Waals surface area contributed by atoms with Crippen molar-refractivity contribution in [2.75, 3.05) is 0 Å². The fourth-order valence-electron chi connectivity index (χ4n) is 2.88. The Labute approximate surface area is 161 Å². The first-order valence-electron chi connectivity index (χ1n) is 8.45. The van der Waals surface area contributed by atoms with Gasteiger partial charge in [0.15, 0.2) is 10.8 Å². The quantitative estimate of drug-likeness (QED) is 0.437. The van der Waals surface area contributed by atoms with Crippen molar-refractivity contribution in [2.24, 2.45) is 0 Å². The molecule has 0 radical (unpaired) electrons. The van der Waals surface area contributed by atoms with Crippen molar-refractivity contribution in [3.63, 3.8) is 0 Å². The monoisotopic (exact) mass is 382 g/mol. The maximum Gasteiger partial charge on any atom is 0.197 e. The number of hydrogen-bond donors (Lipinski definition) is 0. The second-order valence-corrected chi connectivity index (χ2v) is 8.64. The van der Waals surface area contributed by atoms with Crippen LogP contribution >= 0.6 is 23.4 Å². The Morgan fingerprint density at radius 2 is 1.73 bits per heavy atom. The van der Waals surface area contributed by atoms with Gasteiger partial charge in [-0.25, -0.2) is 4.98 Å².